The van der Waals surface area contributed by atoms with Gasteiger partial charge in [-0.15, -0.1) is 10.2 Å². The van der Waals surface area contributed by atoms with E-state index in [1.54, 1.807) is 24.3 Å². The second kappa shape index (κ2) is 5.45. The first-order valence-corrected chi connectivity index (χ1v) is 6.44. The van der Waals surface area contributed by atoms with E-state index in [0.29, 0.717) is 16.8 Å². The maximum Gasteiger partial charge on any atom is 0.246 e. The van der Waals surface area contributed by atoms with Gasteiger partial charge in [0.15, 0.2) is 5.15 Å². The molecular formula is C15H11ClN2O2. The second-order valence-electron chi connectivity index (χ2n) is 4.25. The van der Waals surface area contributed by atoms with Crippen molar-refractivity contribution < 1.29 is 9.84 Å². The summed E-state index contributed by atoms with van der Waals surface area (Å²) in [7, 11) is 0. The molecule has 1 N–H and O–H groups in total. The Bertz CT molecular complexity index is 744. The molecule has 0 aliphatic carbocycles. The summed E-state index contributed by atoms with van der Waals surface area (Å²) < 4.78 is 5.73. The summed E-state index contributed by atoms with van der Waals surface area (Å²) in [6.45, 7) is 0.00393. The van der Waals surface area contributed by atoms with E-state index >= 15 is 0 Å². The van der Waals surface area contributed by atoms with Gasteiger partial charge in [0, 0.05) is 10.8 Å². The normalized spacial score (nSPS) is 10.7. The van der Waals surface area contributed by atoms with Gasteiger partial charge in [-0.1, -0.05) is 41.9 Å². The number of hydrogen-bond acceptors (Lipinski definition) is 4. The molecule has 0 saturated carbocycles. The van der Waals surface area contributed by atoms with Gasteiger partial charge in [-0.05, 0) is 23.8 Å². The molecule has 3 rings (SSSR count). The molecule has 0 atom stereocenters. The molecule has 4 nitrogen and oxygen atoms in total. The van der Waals surface area contributed by atoms with Crippen LogP contribution in [0, 0.1) is 0 Å². The molecule has 5 heteroatoms. The molecule has 1 aromatic heterocycles. The fourth-order valence-electron chi connectivity index (χ4n) is 1.90. The van der Waals surface area contributed by atoms with Crippen molar-refractivity contribution in [2.24, 2.45) is 0 Å². The highest BCUT2D eigenvalue weighted by atomic mass is 35.5. The van der Waals surface area contributed by atoms with E-state index in [1.165, 1.54) is 0 Å². The summed E-state index contributed by atoms with van der Waals surface area (Å²) >= 11 is 6.01. The van der Waals surface area contributed by atoms with Crippen molar-refractivity contribution in [3.63, 3.8) is 0 Å². The predicted molar refractivity (Wildman–Crippen MR) is 77.0 cm³/mol. The maximum atomic E-state index is 9.01. The lowest BCUT2D eigenvalue weighted by Gasteiger charge is -2.08. The second-order valence-corrected chi connectivity index (χ2v) is 4.60. The van der Waals surface area contributed by atoms with Crippen molar-refractivity contribution in [2.75, 3.05) is 0 Å². The van der Waals surface area contributed by atoms with Crippen LogP contribution in [0.3, 0.4) is 0 Å². The van der Waals surface area contributed by atoms with Crippen molar-refractivity contribution in [3.8, 4) is 11.6 Å². The zero-order valence-electron chi connectivity index (χ0n) is 10.5. The number of aromatic nitrogens is 2. The van der Waals surface area contributed by atoms with E-state index in [-0.39, 0.29) is 6.61 Å². The molecule has 1 heterocycles. The van der Waals surface area contributed by atoms with Gasteiger partial charge in [0.2, 0.25) is 5.88 Å². The lowest BCUT2D eigenvalue weighted by atomic mass is 10.2. The minimum absolute atomic E-state index is 0.00393. The lowest BCUT2D eigenvalue weighted by Crippen LogP contribution is -1.93. The van der Waals surface area contributed by atoms with E-state index in [1.807, 2.05) is 24.3 Å². The monoisotopic (exact) mass is 286 g/mol. The van der Waals surface area contributed by atoms with Crippen LogP contribution in [0.2, 0.25) is 5.15 Å². The fraction of sp³-hybridized carbons (Fsp3) is 0.0667. The van der Waals surface area contributed by atoms with Crippen molar-refractivity contribution in [2.45, 2.75) is 6.61 Å². The van der Waals surface area contributed by atoms with Crippen LogP contribution >= 0.6 is 11.6 Å². The van der Waals surface area contributed by atoms with Gasteiger partial charge in [0.25, 0.3) is 0 Å². The van der Waals surface area contributed by atoms with Crippen LogP contribution in [0.25, 0.3) is 10.8 Å². The molecule has 100 valence electrons. The number of aliphatic hydroxyl groups is 1. The van der Waals surface area contributed by atoms with Crippen LogP contribution in [0.5, 0.6) is 11.6 Å². The van der Waals surface area contributed by atoms with E-state index in [0.717, 1.165) is 16.3 Å². The summed E-state index contributed by atoms with van der Waals surface area (Å²) in [6, 6.07) is 14.7. The van der Waals surface area contributed by atoms with E-state index in [9.17, 15) is 0 Å². The largest absolute Gasteiger partial charge is 0.437 e. The third kappa shape index (κ3) is 2.43. The molecule has 0 saturated heterocycles. The molecule has 3 aromatic rings. The summed E-state index contributed by atoms with van der Waals surface area (Å²) in [5.41, 5.74) is 0.824. The number of benzene rings is 2. The fourth-order valence-corrected chi connectivity index (χ4v) is 2.10. The smallest absolute Gasteiger partial charge is 0.246 e. The maximum absolute atomic E-state index is 9.01. The van der Waals surface area contributed by atoms with Gasteiger partial charge in [-0.3, -0.25) is 0 Å². The van der Waals surface area contributed by atoms with Crippen LogP contribution in [0.15, 0.2) is 48.5 Å². The Morgan fingerprint density at radius 1 is 0.950 bits per heavy atom. The third-order valence-corrected chi connectivity index (χ3v) is 3.21. The van der Waals surface area contributed by atoms with E-state index < -0.39 is 0 Å². The molecule has 0 fully saturated rings. The molecule has 0 bridgehead atoms. The minimum atomic E-state index is 0.00393. The van der Waals surface area contributed by atoms with E-state index in [4.69, 9.17) is 21.4 Å². The number of hydrogen-bond donors (Lipinski definition) is 1. The highest BCUT2D eigenvalue weighted by Crippen LogP contribution is 2.30. The van der Waals surface area contributed by atoms with Crippen LogP contribution < -0.4 is 4.74 Å². The Kier molecular flexibility index (Phi) is 3.50. The van der Waals surface area contributed by atoms with Gasteiger partial charge in [0.05, 0.1) is 6.61 Å². The van der Waals surface area contributed by atoms with Crippen LogP contribution in [-0.4, -0.2) is 15.3 Å². The van der Waals surface area contributed by atoms with Crippen LogP contribution in [0.1, 0.15) is 5.56 Å². The van der Waals surface area contributed by atoms with E-state index in [2.05, 4.69) is 10.2 Å². The number of ether oxygens (including phenoxy) is 1. The first kappa shape index (κ1) is 12.8. The molecule has 0 spiro atoms. The molecule has 0 radical (unpaired) electrons. The minimum Gasteiger partial charge on any atom is -0.437 e. The molecule has 0 aliphatic heterocycles. The number of halogens is 1. The zero-order valence-corrected chi connectivity index (χ0v) is 11.2. The highest BCUT2D eigenvalue weighted by molar-refractivity contribution is 6.34. The molecule has 0 amide bonds. The molecule has 0 unspecified atom stereocenters. The zero-order chi connectivity index (χ0) is 13.9. The van der Waals surface area contributed by atoms with Gasteiger partial charge < -0.3 is 9.84 Å². The molecular weight excluding hydrogens is 276 g/mol. The topological polar surface area (TPSA) is 55.2 Å². The Morgan fingerprint density at radius 2 is 1.65 bits per heavy atom. The van der Waals surface area contributed by atoms with Crippen molar-refractivity contribution >= 4 is 22.4 Å². The number of aliphatic hydroxyl groups excluding tert-OH is 1. The first-order chi connectivity index (χ1) is 9.78. The summed E-state index contributed by atoms with van der Waals surface area (Å²) in [5.74, 6) is 1.03. The number of nitrogens with zero attached hydrogens (tertiary/aromatic N) is 2. The lowest BCUT2D eigenvalue weighted by molar-refractivity contribution is 0.281. The Labute approximate surface area is 120 Å². The summed E-state index contributed by atoms with van der Waals surface area (Å²) in [4.78, 5) is 0. The Hall–Kier alpha value is -2.17. The van der Waals surface area contributed by atoms with Crippen molar-refractivity contribution in [1.29, 1.82) is 0 Å². The standard InChI is InChI=1S/C15H11ClN2O2/c16-14-12-3-1-2-4-13(12)15(18-17-14)20-11-7-5-10(9-19)6-8-11/h1-8,19H,9H2. The number of rotatable bonds is 3. The van der Waals surface area contributed by atoms with Crippen molar-refractivity contribution in [3.05, 3.63) is 59.2 Å². The van der Waals surface area contributed by atoms with Crippen LogP contribution in [0.4, 0.5) is 0 Å². The van der Waals surface area contributed by atoms with Gasteiger partial charge in [-0.2, -0.15) is 0 Å². The first-order valence-electron chi connectivity index (χ1n) is 6.06. The van der Waals surface area contributed by atoms with Crippen molar-refractivity contribution in [1.82, 2.24) is 10.2 Å². The summed E-state index contributed by atoms with van der Waals surface area (Å²) in [5, 5.41) is 18.8. The van der Waals surface area contributed by atoms with Gasteiger partial charge in [0.1, 0.15) is 5.75 Å². The summed E-state index contributed by atoms with van der Waals surface area (Å²) in [6.07, 6.45) is 0. The molecule has 2 aromatic carbocycles. The van der Waals surface area contributed by atoms with Gasteiger partial charge in [-0.25, -0.2) is 0 Å². The predicted octanol–water partition coefficient (Wildman–Crippen LogP) is 3.57. The number of fused-ring (bicyclic) bond motifs is 1. The quantitative estimate of drug-likeness (QED) is 0.800. The third-order valence-electron chi connectivity index (χ3n) is 2.93. The van der Waals surface area contributed by atoms with Crippen LogP contribution in [-0.2, 0) is 6.61 Å². The Balaban J connectivity index is 2.00. The SMILES string of the molecule is OCc1ccc(Oc2nnc(Cl)c3ccccc23)cc1. The van der Waals surface area contributed by atoms with Gasteiger partial charge >= 0.3 is 0 Å². The highest BCUT2D eigenvalue weighted by Gasteiger charge is 2.09. The molecule has 20 heavy (non-hydrogen) atoms. The average molecular weight is 287 g/mol. The molecule has 0 aliphatic rings. The average Bonchev–Trinajstić information content (AvgIpc) is 2.51. The Morgan fingerprint density at radius 3 is 2.35 bits per heavy atom.